The highest BCUT2D eigenvalue weighted by molar-refractivity contribution is 5.79. The van der Waals surface area contributed by atoms with Crippen LogP contribution in [0.3, 0.4) is 0 Å². The molecule has 0 atom stereocenters. The third kappa shape index (κ3) is 7.42. The van der Waals surface area contributed by atoms with Crippen LogP contribution in [0, 0.1) is 0 Å². The largest absolute Gasteiger partial charge is 0.497 e. The standard InChI is InChI=1S/C22H23N3O3.C9H11N3/c1-28-19-11-9-17(10-12-19)6-5-13-23-20-16-24-21(18-7-3-2-4-8-18)25(14-15-26)22(20)27;1-10-6-8-4-7-5-11-3-2-9(7)12-8/h2-4,7-12,15-16,23H,5-6,13-14H2,1H3;2-5,10,12H,6H2,1H3. The molecular weight excluding hydrogens is 504 g/mol. The number of hydrogen-bond acceptors (Lipinski definition) is 7. The minimum Gasteiger partial charge on any atom is -0.497 e. The second kappa shape index (κ2) is 14.4. The molecule has 0 aliphatic heterocycles. The number of fused-ring (bicyclic) bond motifs is 1. The molecule has 3 heterocycles. The van der Waals surface area contributed by atoms with Crippen LogP contribution in [-0.4, -0.2) is 46.5 Å². The highest BCUT2D eigenvalue weighted by Gasteiger charge is 2.11. The maximum atomic E-state index is 12.8. The molecule has 9 nitrogen and oxygen atoms in total. The van der Waals surface area contributed by atoms with Crippen LogP contribution in [0.15, 0.2) is 90.1 Å². The number of carbonyl (C=O) groups excluding carboxylic acids is 1. The summed E-state index contributed by atoms with van der Waals surface area (Å²) in [6.45, 7) is 1.47. The summed E-state index contributed by atoms with van der Waals surface area (Å²) in [7, 11) is 3.58. The number of pyridine rings is 1. The summed E-state index contributed by atoms with van der Waals surface area (Å²) in [5.74, 6) is 1.32. The quantitative estimate of drug-likeness (QED) is 0.168. The number of rotatable bonds is 11. The molecule has 2 aromatic carbocycles. The lowest BCUT2D eigenvalue weighted by molar-refractivity contribution is -0.108. The first-order valence-electron chi connectivity index (χ1n) is 13.1. The van der Waals surface area contributed by atoms with E-state index in [1.54, 1.807) is 19.5 Å². The van der Waals surface area contributed by atoms with Gasteiger partial charge >= 0.3 is 0 Å². The number of carbonyl (C=O) groups is 1. The van der Waals surface area contributed by atoms with Gasteiger partial charge in [-0.2, -0.15) is 0 Å². The summed E-state index contributed by atoms with van der Waals surface area (Å²) < 4.78 is 6.55. The zero-order chi connectivity index (χ0) is 28.2. The van der Waals surface area contributed by atoms with Crippen molar-refractivity contribution in [2.24, 2.45) is 0 Å². The van der Waals surface area contributed by atoms with Crippen molar-refractivity contribution in [1.82, 2.24) is 24.8 Å². The molecule has 0 aliphatic carbocycles. The van der Waals surface area contributed by atoms with E-state index in [2.05, 4.69) is 31.7 Å². The minimum absolute atomic E-state index is 0.0303. The molecular formula is C31H34N6O3. The van der Waals surface area contributed by atoms with Crippen molar-refractivity contribution in [1.29, 1.82) is 0 Å². The first-order valence-corrected chi connectivity index (χ1v) is 13.1. The first-order chi connectivity index (χ1) is 19.6. The number of H-pyrrole nitrogens is 1. The summed E-state index contributed by atoms with van der Waals surface area (Å²) in [5.41, 5.74) is 4.50. The number of hydrogen-bond donors (Lipinski definition) is 3. The van der Waals surface area contributed by atoms with Gasteiger partial charge in [-0.05, 0) is 49.7 Å². The fourth-order valence-electron chi connectivity index (χ4n) is 4.30. The second-order valence-electron chi connectivity index (χ2n) is 9.11. The number of aldehydes is 1. The molecule has 0 saturated carbocycles. The molecule has 0 amide bonds. The fraction of sp³-hybridized carbons (Fsp3) is 0.226. The maximum Gasteiger partial charge on any atom is 0.277 e. The third-order valence-corrected chi connectivity index (χ3v) is 6.30. The van der Waals surface area contributed by atoms with Gasteiger partial charge in [-0.1, -0.05) is 42.5 Å². The molecule has 40 heavy (non-hydrogen) atoms. The smallest absolute Gasteiger partial charge is 0.277 e. The molecule has 5 aromatic rings. The van der Waals surface area contributed by atoms with Crippen molar-refractivity contribution in [2.45, 2.75) is 25.9 Å². The van der Waals surface area contributed by atoms with Crippen molar-refractivity contribution in [3.8, 4) is 17.1 Å². The maximum absolute atomic E-state index is 12.8. The molecule has 0 spiro atoms. The van der Waals surface area contributed by atoms with E-state index in [1.807, 2.05) is 73.9 Å². The average Bonchev–Trinajstić information content (AvgIpc) is 3.41. The van der Waals surface area contributed by atoms with E-state index in [4.69, 9.17) is 4.74 Å². The number of anilines is 1. The Morgan fingerprint density at radius 3 is 2.55 bits per heavy atom. The fourth-order valence-corrected chi connectivity index (χ4v) is 4.30. The topological polar surface area (TPSA) is 114 Å². The number of ether oxygens (including phenoxy) is 1. The van der Waals surface area contributed by atoms with Gasteiger partial charge in [-0.25, -0.2) is 4.98 Å². The molecule has 5 rings (SSSR count). The van der Waals surface area contributed by atoms with Gasteiger partial charge in [0.25, 0.3) is 5.56 Å². The molecule has 0 bridgehead atoms. The van der Waals surface area contributed by atoms with Gasteiger partial charge in [-0.3, -0.25) is 14.3 Å². The van der Waals surface area contributed by atoms with Gasteiger partial charge in [0.1, 0.15) is 23.5 Å². The number of aromatic amines is 1. The monoisotopic (exact) mass is 538 g/mol. The van der Waals surface area contributed by atoms with Gasteiger partial charge in [0, 0.05) is 47.6 Å². The summed E-state index contributed by atoms with van der Waals surface area (Å²) in [6.07, 6.45) is 7.66. The second-order valence-corrected chi connectivity index (χ2v) is 9.11. The minimum atomic E-state index is -0.245. The molecule has 3 aromatic heterocycles. The molecule has 0 saturated heterocycles. The van der Waals surface area contributed by atoms with Crippen LogP contribution in [0.5, 0.6) is 5.75 Å². The van der Waals surface area contributed by atoms with E-state index in [1.165, 1.54) is 21.2 Å². The lowest BCUT2D eigenvalue weighted by Crippen LogP contribution is -2.27. The Bertz CT molecular complexity index is 1530. The highest BCUT2D eigenvalue weighted by atomic mass is 16.5. The van der Waals surface area contributed by atoms with Crippen molar-refractivity contribution < 1.29 is 9.53 Å². The molecule has 0 fully saturated rings. The average molecular weight is 539 g/mol. The molecule has 0 radical (unpaired) electrons. The van der Waals surface area contributed by atoms with E-state index < -0.39 is 0 Å². The van der Waals surface area contributed by atoms with Crippen LogP contribution in [0.2, 0.25) is 0 Å². The Labute approximate surface area is 233 Å². The number of nitrogens with zero attached hydrogens (tertiary/aromatic N) is 3. The van der Waals surface area contributed by atoms with E-state index in [-0.39, 0.29) is 12.1 Å². The lowest BCUT2D eigenvalue weighted by atomic mass is 10.1. The number of nitrogens with one attached hydrogen (secondary N) is 3. The van der Waals surface area contributed by atoms with Crippen LogP contribution in [0.1, 0.15) is 17.7 Å². The Hall–Kier alpha value is -4.76. The Morgan fingerprint density at radius 1 is 1.05 bits per heavy atom. The zero-order valence-corrected chi connectivity index (χ0v) is 22.8. The number of benzene rings is 2. The summed E-state index contributed by atoms with van der Waals surface area (Å²) in [6, 6.07) is 21.4. The number of methoxy groups -OCH3 is 1. The lowest BCUT2D eigenvalue weighted by Gasteiger charge is -2.12. The predicted molar refractivity (Wildman–Crippen MR) is 159 cm³/mol. The van der Waals surface area contributed by atoms with Crippen LogP contribution in [0.4, 0.5) is 5.69 Å². The van der Waals surface area contributed by atoms with Crippen molar-refractivity contribution in [2.75, 3.05) is 26.0 Å². The van der Waals surface area contributed by atoms with Crippen LogP contribution in [-0.2, 0) is 24.3 Å². The predicted octanol–water partition coefficient (Wildman–Crippen LogP) is 4.44. The number of aromatic nitrogens is 4. The van der Waals surface area contributed by atoms with Gasteiger partial charge in [0.05, 0.1) is 19.9 Å². The van der Waals surface area contributed by atoms with Crippen molar-refractivity contribution in [3.63, 3.8) is 0 Å². The van der Waals surface area contributed by atoms with E-state index in [0.29, 0.717) is 24.3 Å². The molecule has 9 heteroatoms. The molecule has 206 valence electrons. The summed E-state index contributed by atoms with van der Waals surface area (Å²) in [4.78, 5) is 35.6. The Morgan fingerprint density at radius 2 is 1.85 bits per heavy atom. The highest BCUT2D eigenvalue weighted by Crippen LogP contribution is 2.17. The van der Waals surface area contributed by atoms with Gasteiger partial charge in [0.15, 0.2) is 0 Å². The Kier molecular flexibility index (Phi) is 10.2. The third-order valence-electron chi connectivity index (χ3n) is 6.30. The van der Waals surface area contributed by atoms with E-state index in [0.717, 1.165) is 36.2 Å². The van der Waals surface area contributed by atoms with E-state index in [9.17, 15) is 9.59 Å². The van der Waals surface area contributed by atoms with Crippen molar-refractivity contribution in [3.05, 3.63) is 107 Å². The van der Waals surface area contributed by atoms with Gasteiger partial charge in [0.2, 0.25) is 0 Å². The van der Waals surface area contributed by atoms with Crippen molar-refractivity contribution >= 4 is 22.9 Å². The van der Waals surface area contributed by atoms with Crippen LogP contribution < -0.4 is 20.9 Å². The molecule has 0 unspecified atom stereocenters. The molecule has 0 aliphatic rings. The number of aryl methyl sites for hydroxylation is 1. The van der Waals surface area contributed by atoms with E-state index >= 15 is 0 Å². The molecule has 3 N–H and O–H groups in total. The van der Waals surface area contributed by atoms with Gasteiger partial charge in [-0.15, -0.1) is 0 Å². The van der Waals surface area contributed by atoms with Gasteiger partial charge < -0.3 is 25.1 Å². The first kappa shape index (κ1) is 28.3. The van der Waals surface area contributed by atoms with Crippen LogP contribution in [0.25, 0.3) is 22.3 Å². The summed E-state index contributed by atoms with van der Waals surface area (Å²) in [5, 5.41) is 7.41. The van der Waals surface area contributed by atoms with Crippen LogP contribution >= 0.6 is 0 Å². The SMILES string of the molecule is CNCc1cc2cnccc2[nH]1.COc1ccc(CCCNc2cnc(-c3ccccc3)n(CC=O)c2=O)cc1. The normalized spacial score (nSPS) is 10.6. The summed E-state index contributed by atoms with van der Waals surface area (Å²) >= 11 is 0. The Balaban J connectivity index is 0.000000255. The zero-order valence-electron chi connectivity index (χ0n) is 22.8.